The predicted octanol–water partition coefficient (Wildman–Crippen LogP) is 12.7. The van der Waals surface area contributed by atoms with Gasteiger partial charge < -0.3 is 16.6 Å². The van der Waals surface area contributed by atoms with Crippen molar-refractivity contribution in [1.82, 2.24) is 0 Å². The Morgan fingerprint density at radius 2 is 0.733 bits per heavy atom. The molecule has 274 valence electrons. The number of hydrogen-bond acceptors (Lipinski definition) is 3. The largest absolute Gasteiger partial charge is 0.481 e. The van der Waals surface area contributed by atoms with E-state index in [4.69, 9.17) is 16.6 Å². The highest BCUT2D eigenvalue weighted by Crippen LogP contribution is 2.24. The summed E-state index contributed by atoms with van der Waals surface area (Å²) in [7, 11) is 0. The average molecular weight is 664 g/mol. The number of amides is 1. The Hall–Kier alpha value is -0.810. The first-order valence-corrected chi connectivity index (χ1v) is 19.4. The minimum absolute atomic E-state index is 0. The number of carbonyl (C=O) groups excluding carboxylic acids is 1. The van der Waals surface area contributed by atoms with Crippen LogP contribution in [-0.4, -0.2) is 23.5 Å². The lowest BCUT2D eigenvalue weighted by atomic mass is 9.87. The first-order chi connectivity index (χ1) is 21.2. The van der Waals surface area contributed by atoms with Crippen molar-refractivity contribution in [1.29, 1.82) is 0 Å². The molecular formula is C39H83ClN2O3. The number of carbonyl (C=O) groups is 2. The van der Waals surface area contributed by atoms with Gasteiger partial charge in [0, 0.05) is 6.42 Å². The molecule has 0 saturated carbocycles. The standard InChI is InChI=1S/C18H37NO.C18H36O2.C3H9N.ClH/c1-2-3-4-5-6-7-8-9-10-11-12-13-14-15-16-17-18(19)20;1-4-5-6-7-8-9-10-11-12-13-14-15-16-18(2,3)17(19)20;1-2-3-4;/h2-17H2,1H3,(H2,19,20);4-16H2,1-3H3,(H,19,20);2-4H2,1H3;1H. The fourth-order valence-electron chi connectivity index (χ4n) is 5.19. The molecule has 0 heterocycles. The highest BCUT2D eigenvalue weighted by Gasteiger charge is 2.25. The van der Waals surface area contributed by atoms with E-state index in [1.807, 2.05) is 13.8 Å². The third-order valence-corrected chi connectivity index (χ3v) is 8.55. The SMILES string of the molecule is CCCCCCCCCCCCCCC(C)(C)C(=O)O.CCCCCCCCCCCCCCCCCC(N)=O.CCCN.Cl. The maximum atomic E-state index is 11.0. The van der Waals surface area contributed by atoms with Crippen LogP contribution in [0.2, 0.25) is 0 Å². The van der Waals surface area contributed by atoms with Crippen LogP contribution in [-0.2, 0) is 9.59 Å². The van der Waals surface area contributed by atoms with Gasteiger partial charge in [-0.1, -0.05) is 188 Å². The molecule has 0 fully saturated rings. The number of unbranched alkanes of at least 4 members (excludes halogenated alkanes) is 25. The molecule has 0 unspecified atom stereocenters. The number of hydrogen-bond donors (Lipinski definition) is 3. The Kier molecular flexibility index (Phi) is 49.0. The number of rotatable bonds is 31. The molecule has 6 heteroatoms. The van der Waals surface area contributed by atoms with Gasteiger partial charge in [-0.05, 0) is 39.7 Å². The van der Waals surface area contributed by atoms with Gasteiger partial charge in [-0.2, -0.15) is 0 Å². The number of halogens is 1. The molecule has 0 aromatic heterocycles. The van der Waals surface area contributed by atoms with Crippen LogP contribution in [0.25, 0.3) is 0 Å². The number of primary amides is 1. The Bertz CT molecular complexity index is 570. The van der Waals surface area contributed by atoms with Crippen molar-refractivity contribution in [3.05, 3.63) is 0 Å². The Morgan fingerprint density at radius 3 is 0.956 bits per heavy atom. The van der Waals surface area contributed by atoms with E-state index in [2.05, 4.69) is 20.8 Å². The van der Waals surface area contributed by atoms with E-state index in [1.54, 1.807) is 0 Å². The van der Waals surface area contributed by atoms with Crippen LogP contribution in [0.15, 0.2) is 0 Å². The third kappa shape index (κ3) is 50.2. The van der Waals surface area contributed by atoms with Crippen LogP contribution in [0.3, 0.4) is 0 Å². The molecule has 0 atom stereocenters. The van der Waals surface area contributed by atoms with Gasteiger partial charge in [-0.25, -0.2) is 0 Å². The summed E-state index contributed by atoms with van der Waals surface area (Å²) in [5.41, 5.74) is 9.59. The summed E-state index contributed by atoms with van der Waals surface area (Å²) < 4.78 is 0. The second kappa shape index (κ2) is 43.2. The summed E-state index contributed by atoms with van der Waals surface area (Å²) in [6.07, 6.45) is 38.7. The van der Waals surface area contributed by atoms with Gasteiger partial charge in [-0.15, -0.1) is 12.4 Å². The minimum atomic E-state index is -0.666. The van der Waals surface area contributed by atoms with Gasteiger partial charge in [-0.3, -0.25) is 9.59 Å². The van der Waals surface area contributed by atoms with Crippen molar-refractivity contribution in [2.75, 3.05) is 6.54 Å². The molecule has 1 amide bonds. The van der Waals surface area contributed by atoms with Gasteiger partial charge in [0.05, 0.1) is 5.41 Å². The molecule has 0 spiro atoms. The molecule has 0 saturated heterocycles. The van der Waals surface area contributed by atoms with Gasteiger partial charge in [0.2, 0.25) is 5.91 Å². The fraction of sp³-hybridized carbons (Fsp3) is 0.949. The van der Waals surface area contributed by atoms with Crippen molar-refractivity contribution in [2.45, 2.75) is 227 Å². The molecule has 0 aliphatic heterocycles. The van der Waals surface area contributed by atoms with Crippen molar-refractivity contribution in [3.8, 4) is 0 Å². The van der Waals surface area contributed by atoms with Crippen molar-refractivity contribution < 1.29 is 14.7 Å². The van der Waals surface area contributed by atoms with Crippen LogP contribution in [0.1, 0.15) is 227 Å². The lowest BCUT2D eigenvalue weighted by Crippen LogP contribution is -2.23. The van der Waals surface area contributed by atoms with Crippen LogP contribution in [0.4, 0.5) is 0 Å². The third-order valence-electron chi connectivity index (χ3n) is 8.55. The van der Waals surface area contributed by atoms with E-state index < -0.39 is 11.4 Å². The predicted molar refractivity (Wildman–Crippen MR) is 202 cm³/mol. The Labute approximate surface area is 289 Å². The van der Waals surface area contributed by atoms with Gasteiger partial charge in [0.15, 0.2) is 0 Å². The van der Waals surface area contributed by atoms with E-state index in [9.17, 15) is 9.59 Å². The molecular weight excluding hydrogens is 580 g/mol. The summed E-state index contributed by atoms with van der Waals surface area (Å²) in [6, 6.07) is 0. The summed E-state index contributed by atoms with van der Waals surface area (Å²) in [5.74, 6) is -0.819. The van der Waals surface area contributed by atoms with E-state index >= 15 is 0 Å². The zero-order valence-corrected chi connectivity index (χ0v) is 32.1. The quantitative estimate of drug-likeness (QED) is 0.0642. The maximum Gasteiger partial charge on any atom is 0.309 e. The van der Waals surface area contributed by atoms with Gasteiger partial charge in [0.25, 0.3) is 0 Å². The minimum Gasteiger partial charge on any atom is -0.481 e. The average Bonchev–Trinajstić information content (AvgIpc) is 3.00. The zero-order valence-electron chi connectivity index (χ0n) is 31.2. The molecule has 5 nitrogen and oxygen atoms in total. The molecule has 0 rings (SSSR count). The molecule has 0 radical (unpaired) electrons. The molecule has 0 aromatic carbocycles. The molecule has 0 bridgehead atoms. The van der Waals surface area contributed by atoms with Crippen LogP contribution < -0.4 is 11.5 Å². The number of aliphatic carboxylic acids is 1. The van der Waals surface area contributed by atoms with Crippen molar-refractivity contribution in [2.24, 2.45) is 16.9 Å². The molecule has 5 N–H and O–H groups in total. The topological polar surface area (TPSA) is 106 Å². The fourth-order valence-corrected chi connectivity index (χ4v) is 5.19. The summed E-state index contributed by atoms with van der Waals surface area (Å²) in [4.78, 5) is 21.5. The summed E-state index contributed by atoms with van der Waals surface area (Å²) in [6.45, 7) is 11.1. The van der Waals surface area contributed by atoms with Crippen LogP contribution >= 0.6 is 12.4 Å². The van der Waals surface area contributed by atoms with Crippen molar-refractivity contribution >= 4 is 24.3 Å². The smallest absolute Gasteiger partial charge is 0.309 e. The number of nitrogens with two attached hydrogens (primary N) is 2. The highest BCUT2D eigenvalue weighted by molar-refractivity contribution is 5.85. The second-order valence-corrected chi connectivity index (χ2v) is 13.8. The second-order valence-electron chi connectivity index (χ2n) is 13.8. The summed E-state index contributed by atoms with van der Waals surface area (Å²) in [5, 5.41) is 9.02. The molecule has 45 heavy (non-hydrogen) atoms. The van der Waals surface area contributed by atoms with Crippen molar-refractivity contribution in [3.63, 3.8) is 0 Å². The van der Waals surface area contributed by atoms with Crippen LogP contribution in [0.5, 0.6) is 0 Å². The molecule has 0 aromatic rings. The number of carboxylic acids is 1. The lowest BCUT2D eigenvalue weighted by molar-refractivity contribution is -0.147. The van der Waals surface area contributed by atoms with E-state index in [0.29, 0.717) is 6.42 Å². The summed E-state index contributed by atoms with van der Waals surface area (Å²) >= 11 is 0. The van der Waals surface area contributed by atoms with Crippen LogP contribution in [0, 0.1) is 5.41 Å². The molecule has 0 aliphatic carbocycles. The zero-order chi connectivity index (χ0) is 33.6. The van der Waals surface area contributed by atoms with E-state index in [0.717, 1.165) is 32.2 Å². The normalized spacial score (nSPS) is 10.7. The maximum absolute atomic E-state index is 11.0. The first kappa shape index (κ1) is 51.0. The van der Waals surface area contributed by atoms with Gasteiger partial charge in [0.1, 0.15) is 0 Å². The Morgan fingerprint density at radius 1 is 0.489 bits per heavy atom. The Balaban J connectivity index is -0.000000327. The van der Waals surface area contributed by atoms with Gasteiger partial charge >= 0.3 is 5.97 Å². The van der Waals surface area contributed by atoms with E-state index in [-0.39, 0.29) is 18.3 Å². The lowest BCUT2D eigenvalue weighted by Gasteiger charge is -2.18. The monoisotopic (exact) mass is 663 g/mol. The first-order valence-electron chi connectivity index (χ1n) is 19.4. The van der Waals surface area contributed by atoms with E-state index in [1.165, 1.54) is 161 Å². The molecule has 0 aliphatic rings. The number of carboxylic acid groups (broad SMARTS) is 1. The highest BCUT2D eigenvalue weighted by atomic mass is 35.5.